The fourth-order valence-electron chi connectivity index (χ4n) is 3.01. The average Bonchev–Trinajstić information content (AvgIpc) is 3.04. The fourth-order valence-corrected chi connectivity index (χ4v) is 3.01. The monoisotopic (exact) mass is 315 g/mol. The number of hydrogen-bond donors (Lipinski definition) is 2. The van der Waals surface area contributed by atoms with Crippen molar-refractivity contribution in [2.75, 3.05) is 19.7 Å². The second-order valence-electron chi connectivity index (χ2n) is 6.02. The number of para-hydroxylation sites is 1. The van der Waals surface area contributed by atoms with E-state index in [1.807, 2.05) is 12.3 Å². The van der Waals surface area contributed by atoms with E-state index in [4.69, 9.17) is 0 Å². The highest BCUT2D eigenvalue weighted by molar-refractivity contribution is 5.91. The number of carboxylic acids is 1. The van der Waals surface area contributed by atoms with Crippen LogP contribution in [0, 0.1) is 5.92 Å². The van der Waals surface area contributed by atoms with Crippen molar-refractivity contribution in [2.45, 2.75) is 19.4 Å². The van der Waals surface area contributed by atoms with Crippen LogP contribution in [0.3, 0.4) is 0 Å². The van der Waals surface area contributed by atoms with Crippen LogP contribution in [0.1, 0.15) is 28.8 Å². The molecule has 1 saturated heterocycles. The van der Waals surface area contributed by atoms with Crippen molar-refractivity contribution in [1.82, 2.24) is 14.7 Å². The van der Waals surface area contributed by atoms with Crippen molar-refractivity contribution in [3.05, 3.63) is 47.8 Å². The normalized spacial score (nSPS) is 16.6. The summed E-state index contributed by atoms with van der Waals surface area (Å²) in [6.45, 7) is 3.02. The number of benzene rings is 1. The molecule has 2 N–H and O–H groups in total. The minimum atomic E-state index is -0.955. The molecule has 0 bridgehead atoms. The Balaban J connectivity index is 1.71. The van der Waals surface area contributed by atoms with E-state index in [-0.39, 0.29) is 12.2 Å². The van der Waals surface area contributed by atoms with Crippen LogP contribution >= 0.6 is 0 Å². The molecule has 23 heavy (non-hydrogen) atoms. The Bertz CT molecular complexity index is 675. The number of piperidine rings is 1. The van der Waals surface area contributed by atoms with E-state index >= 15 is 0 Å². The SMILES string of the molecule is O=C(O)c1ccccc1-n1cc(CN2CCC(CO)CC2)cn1. The lowest BCUT2D eigenvalue weighted by molar-refractivity contribution is 0.0696. The van der Waals surface area contributed by atoms with Crippen molar-refractivity contribution in [1.29, 1.82) is 0 Å². The third kappa shape index (κ3) is 3.60. The zero-order chi connectivity index (χ0) is 16.2. The van der Waals surface area contributed by atoms with Gasteiger partial charge >= 0.3 is 5.97 Å². The molecule has 1 aliphatic rings. The van der Waals surface area contributed by atoms with Crippen LogP contribution in [0.25, 0.3) is 5.69 Å². The van der Waals surface area contributed by atoms with Gasteiger partial charge in [0.25, 0.3) is 0 Å². The van der Waals surface area contributed by atoms with E-state index in [0.29, 0.717) is 11.6 Å². The van der Waals surface area contributed by atoms with Crippen molar-refractivity contribution in [3.63, 3.8) is 0 Å². The molecule has 0 spiro atoms. The van der Waals surface area contributed by atoms with Crippen LogP contribution < -0.4 is 0 Å². The summed E-state index contributed by atoms with van der Waals surface area (Å²) in [4.78, 5) is 13.7. The smallest absolute Gasteiger partial charge is 0.337 e. The summed E-state index contributed by atoms with van der Waals surface area (Å²) in [5.74, 6) is -0.528. The molecule has 2 heterocycles. The van der Waals surface area contributed by atoms with Crippen LogP contribution in [0.15, 0.2) is 36.7 Å². The molecule has 0 unspecified atom stereocenters. The molecule has 1 aromatic carbocycles. The highest BCUT2D eigenvalue weighted by Crippen LogP contribution is 2.19. The summed E-state index contributed by atoms with van der Waals surface area (Å²) in [5.41, 5.74) is 1.88. The first kappa shape index (κ1) is 15.7. The van der Waals surface area contributed by atoms with E-state index in [1.54, 1.807) is 29.1 Å². The molecule has 0 saturated carbocycles. The summed E-state index contributed by atoms with van der Waals surface area (Å²) in [6.07, 6.45) is 5.72. The number of rotatable bonds is 5. The first-order chi connectivity index (χ1) is 11.2. The predicted molar refractivity (Wildman–Crippen MR) is 85.6 cm³/mol. The quantitative estimate of drug-likeness (QED) is 0.879. The van der Waals surface area contributed by atoms with E-state index in [2.05, 4.69) is 10.00 Å². The number of aliphatic hydroxyl groups excluding tert-OH is 1. The molecular weight excluding hydrogens is 294 g/mol. The van der Waals surface area contributed by atoms with E-state index < -0.39 is 5.97 Å². The predicted octanol–water partition coefficient (Wildman–Crippen LogP) is 1.77. The highest BCUT2D eigenvalue weighted by Gasteiger charge is 2.19. The topological polar surface area (TPSA) is 78.6 Å². The fraction of sp³-hybridized carbons (Fsp3) is 0.412. The number of aliphatic hydroxyl groups is 1. The Kier molecular flexibility index (Phi) is 4.73. The van der Waals surface area contributed by atoms with Crippen LogP contribution in [-0.2, 0) is 6.54 Å². The Labute approximate surface area is 135 Å². The Morgan fingerprint density at radius 1 is 1.26 bits per heavy atom. The summed E-state index contributed by atoms with van der Waals surface area (Å²) in [6, 6.07) is 6.86. The molecule has 6 nitrogen and oxygen atoms in total. The van der Waals surface area contributed by atoms with Crippen molar-refractivity contribution >= 4 is 5.97 Å². The zero-order valence-corrected chi connectivity index (χ0v) is 12.9. The molecular formula is C17H21N3O3. The minimum Gasteiger partial charge on any atom is -0.478 e. The van der Waals surface area contributed by atoms with E-state index in [0.717, 1.165) is 38.0 Å². The molecule has 122 valence electrons. The zero-order valence-electron chi connectivity index (χ0n) is 12.9. The molecule has 1 aromatic heterocycles. The molecule has 0 amide bonds. The Hall–Kier alpha value is -2.18. The standard InChI is InChI=1S/C17H21N3O3/c21-12-13-5-7-19(8-6-13)10-14-9-18-20(11-14)16-4-2-1-3-15(16)17(22)23/h1-4,9,11,13,21H,5-8,10,12H2,(H,22,23). The first-order valence-electron chi connectivity index (χ1n) is 7.87. The van der Waals surface area contributed by atoms with Gasteiger partial charge in [0, 0.05) is 24.9 Å². The third-order valence-corrected chi connectivity index (χ3v) is 4.39. The van der Waals surface area contributed by atoms with Gasteiger partial charge in [0.1, 0.15) is 0 Å². The maximum atomic E-state index is 11.3. The maximum absolute atomic E-state index is 11.3. The van der Waals surface area contributed by atoms with Gasteiger partial charge in [-0.25, -0.2) is 9.48 Å². The van der Waals surface area contributed by atoms with Crippen LogP contribution in [-0.4, -0.2) is 50.6 Å². The van der Waals surface area contributed by atoms with Crippen molar-refractivity contribution in [3.8, 4) is 5.69 Å². The third-order valence-electron chi connectivity index (χ3n) is 4.39. The largest absolute Gasteiger partial charge is 0.478 e. The van der Waals surface area contributed by atoms with Crippen molar-refractivity contribution in [2.24, 2.45) is 5.92 Å². The van der Waals surface area contributed by atoms with Gasteiger partial charge < -0.3 is 10.2 Å². The Morgan fingerprint density at radius 2 is 2.00 bits per heavy atom. The summed E-state index contributed by atoms with van der Waals surface area (Å²) in [7, 11) is 0. The van der Waals surface area contributed by atoms with Gasteiger partial charge in [0.2, 0.25) is 0 Å². The number of likely N-dealkylation sites (tertiary alicyclic amines) is 1. The second-order valence-corrected chi connectivity index (χ2v) is 6.02. The number of hydrogen-bond acceptors (Lipinski definition) is 4. The average molecular weight is 315 g/mol. The van der Waals surface area contributed by atoms with Gasteiger partial charge in [-0.15, -0.1) is 0 Å². The lowest BCUT2D eigenvalue weighted by atomic mass is 9.98. The molecule has 6 heteroatoms. The number of nitrogens with zero attached hydrogens (tertiary/aromatic N) is 3. The molecule has 3 rings (SSSR count). The molecule has 0 atom stereocenters. The highest BCUT2D eigenvalue weighted by atomic mass is 16.4. The number of carboxylic acid groups (broad SMARTS) is 1. The maximum Gasteiger partial charge on any atom is 0.337 e. The van der Waals surface area contributed by atoms with Crippen molar-refractivity contribution < 1.29 is 15.0 Å². The minimum absolute atomic E-state index is 0.242. The van der Waals surface area contributed by atoms with Gasteiger partial charge in [-0.1, -0.05) is 12.1 Å². The number of aromatic carboxylic acids is 1. The number of carbonyl (C=O) groups is 1. The molecule has 0 aliphatic carbocycles. The van der Waals surface area contributed by atoms with Gasteiger partial charge in [-0.05, 0) is 44.0 Å². The summed E-state index contributed by atoms with van der Waals surface area (Å²) in [5, 5.41) is 22.8. The lowest BCUT2D eigenvalue weighted by Crippen LogP contribution is -2.34. The molecule has 1 fully saturated rings. The number of aromatic nitrogens is 2. The molecule has 2 aromatic rings. The second kappa shape index (κ2) is 6.93. The van der Waals surface area contributed by atoms with Crippen LogP contribution in [0.2, 0.25) is 0 Å². The van der Waals surface area contributed by atoms with Crippen LogP contribution in [0.4, 0.5) is 0 Å². The summed E-state index contributed by atoms with van der Waals surface area (Å²) >= 11 is 0. The first-order valence-corrected chi connectivity index (χ1v) is 7.87. The van der Waals surface area contributed by atoms with Gasteiger partial charge in [0.15, 0.2) is 0 Å². The van der Waals surface area contributed by atoms with E-state index in [1.165, 1.54) is 0 Å². The lowest BCUT2D eigenvalue weighted by Gasteiger charge is -2.30. The molecule has 0 radical (unpaired) electrons. The summed E-state index contributed by atoms with van der Waals surface area (Å²) < 4.78 is 1.62. The molecule has 1 aliphatic heterocycles. The van der Waals surface area contributed by atoms with Gasteiger partial charge in [-0.2, -0.15) is 5.10 Å². The van der Waals surface area contributed by atoms with Crippen LogP contribution in [0.5, 0.6) is 0 Å². The van der Waals surface area contributed by atoms with Gasteiger partial charge in [-0.3, -0.25) is 4.90 Å². The van der Waals surface area contributed by atoms with Gasteiger partial charge in [0.05, 0.1) is 17.4 Å². The Morgan fingerprint density at radius 3 is 2.70 bits per heavy atom. The van der Waals surface area contributed by atoms with E-state index in [9.17, 15) is 15.0 Å².